The van der Waals surface area contributed by atoms with E-state index in [0.29, 0.717) is 0 Å². The fourth-order valence-corrected chi connectivity index (χ4v) is 22.3. The van der Waals surface area contributed by atoms with Crippen molar-refractivity contribution in [3.63, 3.8) is 0 Å². The zero-order chi connectivity index (χ0) is 20.5. The van der Waals surface area contributed by atoms with Gasteiger partial charge >= 0.3 is 17.1 Å². The molecule has 158 valence electrons. The molecule has 0 unspecified atom stereocenters. The normalized spacial score (nSPS) is 14.1. The van der Waals surface area contributed by atoms with Crippen molar-refractivity contribution in [3.05, 3.63) is 0 Å². The molecule has 26 heavy (non-hydrogen) atoms. The summed E-state index contributed by atoms with van der Waals surface area (Å²) in [6.07, 6.45) is 11.0. The fourth-order valence-electron chi connectivity index (χ4n) is 3.77. The smallest absolute Gasteiger partial charge is 0.312 e. The lowest BCUT2D eigenvalue weighted by Crippen LogP contribution is -2.55. The van der Waals surface area contributed by atoms with Gasteiger partial charge in [-0.3, -0.25) is 0 Å². The van der Waals surface area contributed by atoms with Crippen LogP contribution < -0.4 is 0 Å². The van der Waals surface area contributed by atoms with Crippen LogP contribution in [0.3, 0.4) is 0 Å². The summed E-state index contributed by atoms with van der Waals surface area (Å²) in [5.74, 6) is 0. The Bertz CT molecular complexity index is 379. The second-order valence-corrected chi connectivity index (χ2v) is 26.5. The molecule has 0 N–H and O–H groups in total. The van der Waals surface area contributed by atoms with Crippen molar-refractivity contribution in [3.8, 4) is 0 Å². The Hall–Kier alpha value is 0.748. The quantitative estimate of drug-likeness (QED) is 0.195. The van der Waals surface area contributed by atoms with E-state index in [0.717, 1.165) is 0 Å². The summed E-state index contributed by atoms with van der Waals surface area (Å²) >= 11 is 0. The van der Waals surface area contributed by atoms with E-state index in [9.17, 15) is 0 Å². The maximum absolute atomic E-state index is 6.66. The summed E-state index contributed by atoms with van der Waals surface area (Å²) in [6.45, 7) is 22.5. The minimum Gasteiger partial charge on any atom is -0.437 e. The summed E-state index contributed by atoms with van der Waals surface area (Å²) in [5, 5.41) is 0. The number of unbranched alkanes of at least 4 members (excludes halogenated alkanes) is 7. The van der Waals surface area contributed by atoms with Gasteiger partial charge in [0.15, 0.2) is 16.6 Å². The number of hydrogen-bond donors (Lipinski definition) is 0. The molecule has 0 radical (unpaired) electrons. The van der Waals surface area contributed by atoms with Crippen molar-refractivity contribution in [1.29, 1.82) is 0 Å². The molecule has 0 aliphatic rings. The summed E-state index contributed by atoms with van der Waals surface area (Å²) in [5.41, 5.74) is 0. The van der Waals surface area contributed by atoms with Gasteiger partial charge in [-0.05, 0) is 65.0 Å². The Kier molecular flexibility index (Phi) is 12.0. The largest absolute Gasteiger partial charge is 0.437 e. The van der Waals surface area contributed by atoms with Crippen LogP contribution in [-0.4, -0.2) is 33.8 Å². The zero-order valence-corrected chi connectivity index (χ0v) is 23.6. The van der Waals surface area contributed by atoms with Gasteiger partial charge in [0.05, 0.1) is 0 Å². The van der Waals surface area contributed by atoms with Gasteiger partial charge in [0, 0.05) is 0 Å². The lowest BCUT2D eigenvalue weighted by molar-refractivity contribution is 0.329. The maximum atomic E-state index is 6.66. The van der Waals surface area contributed by atoms with Gasteiger partial charge in [-0.2, -0.15) is 0 Å². The summed E-state index contributed by atoms with van der Waals surface area (Å²) in [4.78, 5) is 0. The first-order chi connectivity index (χ1) is 11.7. The highest BCUT2D eigenvalue weighted by atomic mass is 28.5. The predicted molar refractivity (Wildman–Crippen MR) is 126 cm³/mol. The predicted octanol–water partition coefficient (Wildman–Crippen LogP) is 7.62. The summed E-state index contributed by atoms with van der Waals surface area (Å²) in [6, 6.07) is 1.25. The van der Waals surface area contributed by atoms with Crippen molar-refractivity contribution in [2.45, 2.75) is 123 Å². The Morgan fingerprint density at radius 1 is 0.500 bits per heavy atom. The van der Waals surface area contributed by atoms with E-state index < -0.39 is 33.8 Å². The van der Waals surface area contributed by atoms with Gasteiger partial charge in [0.25, 0.3) is 0 Å². The molecular formula is C19H48O3Si4. The molecule has 0 atom stereocenters. The van der Waals surface area contributed by atoms with Crippen molar-refractivity contribution in [2.24, 2.45) is 0 Å². The molecule has 0 heterocycles. The van der Waals surface area contributed by atoms with Gasteiger partial charge in [-0.25, -0.2) is 0 Å². The van der Waals surface area contributed by atoms with E-state index in [1.807, 2.05) is 0 Å². The SMILES string of the molecule is CCCCCCCCCC[Si](C)(C)O[Si](C)(C)O[Si](C)(C)O[Si](C)(C)C. The molecule has 0 aliphatic heterocycles. The van der Waals surface area contributed by atoms with Crippen molar-refractivity contribution >= 4 is 33.8 Å². The molecule has 0 saturated carbocycles. The van der Waals surface area contributed by atoms with E-state index in [2.05, 4.69) is 65.8 Å². The van der Waals surface area contributed by atoms with Crippen LogP contribution in [0, 0.1) is 0 Å². The topological polar surface area (TPSA) is 27.7 Å². The van der Waals surface area contributed by atoms with Crippen molar-refractivity contribution in [2.75, 3.05) is 0 Å². The van der Waals surface area contributed by atoms with Crippen LogP contribution in [0.4, 0.5) is 0 Å². The molecule has 0 bridgehead atoms. The zero-order valence-electron chi connectivity index (χ0n) is 19.6. The molecule has 0 rings (SSSR count). The van der Waals surface area contributed by atoms with Crippen LogP contribution >= 0.6 is 0 Å². The molecule has 0 aromatic carbocycles. The Morgan fingerprint density at radius 3 is 1.38 bits per heavy atom. The third-order valence-corrected chi connectivity index (χ3v) is 18.3. The minimum absolute atomic E-state index is 1.25. The lowest BCUT2D eigenvalue weighted by Gasteiger charge is -2.40. The molecular weight excluding hydrogens is 389 g/mol. The first-order valence-corrected chi connectivity index (χ1v) is 22.9. The molecule has 0 aromatic rings. The number of rotatable bonds is 15. The van der Waals surface area contributed by atoms with E-state index in [4.69, 9.17) is 12.3 Å². The van der Waals surface area contributed by atoms with E-state index in [-0.39, 0.29) is 0 Å². The molecule has 0 spiro atoms. The maximum Gasteiger partial charge on any atom is 0.312 e. The molecule has 0 saturated heterocycles. The Labute approximate surface area is 169 Å². The average Bonchev–Trinajstić information content (AvgIpc) is 2.35. The van der Waals surface area contributed by atoms with E-state index >= 15 is 0 Å². The van der Waals surface area contributed by atoms with Crippen LogP contribution in [0.1, 0.15) is 58.3 Å². The molecule has 0 fully saturated rings. The monoisotopic (exact) mass is 436 g/mol. The van der Waals surface area contributed by atoms with Crippen LogP contribution in [-0.2, 0) is 12.3 Å². The van der Waals surface area contributed by atoms with Crippen molar-refractivity contribution in [1.82, 2.24) is 0 Å². The second-order valence-electron chi connectivity index (χ2n) is 10.2. The van der Waals surface area contributed by atoms with Crippen molar-refractivity contribution < 1.29 is 12.3 Å². The Balaban J connectivity index is 4.24. The highest BCUT2D eigenvalue weighted by Gasteiger charge is 2.42. The average molecular weight is 437 g/mol. The van der Waals surface area contributed by atoms with E-state index in [1.165, 1.54) is 57.4 Å². The van der Waals surface area contributed by atoms with Crippen LogP contribution in [0.15, 0.2) is 0 Å². The lowest BCUT2D eigenvalue weighted by atomic mass is 10.1. The standard InChI is InChI=1S/C19H48O3Si4/c1-11-12-13-14-15-16-17-18-19-24(5,6)21-26(9,10)22-25(7,8)20-23(2,3)4/h11-19H2,1-10H3. The number of hydrogen-bond acceptors (Lipinski definition) is 3. The third kappa shape index (κ3) is 15.8. The highest BCUT2D eigenvalue weighted by molar-refractivity contribution is 6.89. The first kappa shape index (κ1) is 26.7. The molecule has 3 nitrogen and oxygen atoms in total. The molecule has 7 heteroatoms. The van der Waals surface area contributed by atoms with Gasteiger partial charge in [-0.1, -0.05) is 58.3 Å². The third-order valence-electron chi connectivity index (χ3n) is 4.20. The highest BCUT2D eigenvalue weighted by Crippen LogP contribution is 2.26. The van der Waals surface area contributed by atoms with Gasteiger partial charge in [-0.15, -0.1) is 0 Å². The van der Waals surface area contributed by atoms with Crippen LogP contribution in [0.25, 0.3) is 0 Å². The summed E-state index contributed by atoms with van der Waals surface area (Å²) < 4.78 is 19.5. The van der Waals surface area contributed by atoms with Crippen LogP contribution in [0.2, 0.25) is 65.0 Å². The summed E-state index contributed by atoms with van der Waals surface area (Å²) in [7, 11) is -7.50. The first-order valence-electron chi connectivity index (χ1n) is 10.8. The Morgan fingerprint density at radius 2 is 0.923 bits per heavy atom. The van der Waals surface area contributed by atoms with Gasteiger partial charge < -0.3 is 12.3 Å². The second kappa shape index (κ2) is 11.7. The van der Waals surface area contributed by atoms with Crippen LogP contribution in [0.5, 0.6) is 0 Å². The molecule has 0 aliphatic carbocycles. The fraction of sp³-hybridized carbons (Fsp3) is 1.00. The minimum atomic E-state index is -2.14. The van der Waals surface area contributed by atoms with Gasteiger partial charge in [0.1, 0.15) is 0 Å². The van der Waals surface area contributed by atoms with Gasteiger partial charge in [0.2, 0.25) is 0 Å². The molecule has 0 aromatic heterocycles. The van der Waals surface area contributed by atoms with E-state index in [1.54, 1.807) is 0 Å². The molecule has 0 amide bonds.